The van der Waals surface area contributed by atoms with Crippen LogP contribution in [0.1, 0.15) is 5.56 Å². The number of nitriles is 1. The Hall–Kier alpha value is -7.70. The summed E-state index contributed by atoms with van der Waals surface area (Å²) in [4.78, 5) is 20.3. The maximum Gasteiger partial charge on any atom is 0.164 e. The van der Waals surface area contributed by atoms with E-state index in [9.17, 15) is 5.26 Å². The lowest BCUT2D eigenvalue weighted by atomic mass is 9.96. The fraction of sp³-hybridized carbons (Fsp3) is 0. The molecule has 0 amide bonds. The molecule has 0 spiro atoms. The summed E-state index contributed by atoms with van der Waals surface area (Å²) < 4.78 is 8.52. The average Bonchev–Trinajstić information content (AvgIpc) is 3.86. The minimum Gasteiger partial charge on any atom is -0.456 e. The molecule has 58 heavy (non-hydrogen) atoms. The van der Waals surface area contributed by atoms with Gasteiger partial charge in [0.05, 0.1) is 11.6 Å². The van der Waals surface area contributed by atoms with E-state index in [0.29, 0.717) is 34.3 Å². The molecule has 11 aromatic rings. The zero-order chi connectivity index (χ0) is 38.7. The van der Waals surface area contributed by atoms with Gasteiger partial charge in [0.15, 0.2) is 17.5 Å². The second kappa shape index (κ2) is 13.5. The molecule has 0 saturated carbocycles. The van der Waals surface area contributed by atoms with Gasteiger partial charge in [-0.05, 0) is 69.4 Å². The van der Waals surface area contributed by atoms with Crippen molar-refractivity contribution in [2.75, 3.05) is 0 Å². The number of hydrogen-bond donors (Lipinski definition) is 1. The molecule has 0 bridgehead atoms. The third kappa shape index (κ3) is 5.57. The lowest BCUT2D eigenvalue weighted by Gasteiger charge is -2.11. The van der Waals surface area contributed by atoms with Gasteiger partial charge in [-0.15, -0.1) is 11.3 Å². The summed E-state index contributed by atoms with van der Waals surface area (Å²) in [5.41, 5.74) is 8.93. The van der Waals surface area contributed by atoms with Crippen LogP contribution in [-0.4, -0.2) is 15.0 Å². The van der Waals surface area contributed by atoms with Gasteiger partial charge in [0.1, 0.15) is 16.9 Å². The number of hydrogen-bond acceptors (Lipinski definition) is 8. The highest BCUT2D eigenvalue weighted by molar-refractivity contribution is 7.26. The van der Waals surface area contributed by atoms with Gasteiger partial charge < -0.3 is 9.25 Å². The Kier molecular flexibility index (Phi) is 7.83. The first-order valence-corrected chi connectivity index (χ1v) is 19.6. The third-order valence-electron chi connectivity index (χ3n) is 10.7. The summed E-state index contributed by atoms with van der Waals surface area (Å²) in [6, 6.07) is 57.6. The predicted molar refractivity (Wildman–Crippen MR) is 234 cm³/mol. The Morgan fingerprint density at radius 1 is 0.517 bits per heavy atom. The number of aromatic nitrogens is 3. The molecule has 0 fully saturated rings. The van der Waals surface area contributed by atoms with Crippen molar-refractivity contribution in [1.29, 1.82) is 5.26 Å². The van der Waals surface area contributed by atoms with E-state index in [-0.39, 0.29) is 0 Å². The van der Waals surface area contributed by atoms with Crippen molar-refractivity contribution in [3.63, 3.8) is 0 Å². The molecule has 0 aliphatic carbocycles. The summed E-state index contributed by atoms with van der Waals surface area (Å²) in [6.45, 7) is 0. The maximum atomic E-state index is 9.86. The van der Waals surface area contributed by atoms with Crippen LogP contribution in [0.4, 0.5) is 0 Å². The van der Waals surface area contributed by atoms with Gasteiger partial charge >= 0.3 is 0 Å². The second-order valence-corrected chi connectivity index (χ2v) is 15.2. The fourth-order valence-electron chi connectivity index (χ4n) is 8.04. The molecule has 0 aliphatic rings. The van der Waals surface area contributed by atoms with Crippen LogP contribution in [0.15, 0.2) is 168 Å². The van der Waals surface area contributed by atoms with Crippen molar-refractivity contribution in [1.82, 2.24) is 15.0 Å². The minimum absolute atomic E-state index is 0.331. The first kappa shape index (κ1) is 33.6. The Bertz CT molecular complexity index is 3460. The molecule has 0 radical (unpaired) electrons. The molecule has 2 N–H and O–H groups in total. The Morgan fingerprint density at radius 3 is 2.05 bits per heavy atom. The summed E-state index contributed by atoms with van der Waals surface area (Å²) in [6.07, 6.45) is 0. The normalized spacial score (nSPS) is 11.5. The molecular weight excluding hydrogens is 735 g/mol. The number of rotatable bonds is 6. The highest BCUT2D eigenvalue weighted by atomic mass is 32.1. The number of thiophene rings is 1. The number of para-hydroxylation sites is 1. The predicted octanol–water partition coefficient (Wildman–Crippen LogP) is 12.8. The van der Waals surface area contributed by atoms with E-state index in [0.717, 1.165) is 76.0 Å². The van der Waals surface area contributed by atoms with Crippen molar-refractivity contribution in [2.45, 2.75) is 0 Å². The third-order valence-corrected chi connectivity index (χ3v) is 11.9. The number of furan rings is 1. The smallest absolute Gasteiger partial charge is 0.164 e. The first-order chi connectivity index (χ1) is 28.6. The Labute approximate surface area is 335 Å². The van der Waals surface area contributed by atoms with Gasteiger partial charge in [0.25, 0.3) is 0 Å². The van der Waals surface area contributed by atoms with E-state index < -0.39 is 0 Å². The summed E-state index contributed by atoms with van der Waals surface area (Å²) >= 11 is 1.76. The minimum atomic E-state index is 0.331. The van der Waals surface area contributed by atoms with Crippen molar-refractivity contribution in [3.8, 4) is 68.2 Å². The van der Waals surface area contributed by atoms with Crippen LogP contribution in [-0.2, 0) is 0 Å². The van der Waals surface area contributed by atoms with E-state index in [1.165, 1.54) is 10.3 Å². The molecule has 0 saturated heterocycles. The van der Waals surface area contributed by atoms with Crippen molar-refractivity contribution in [3.05, 3.63) is 169 Å². The van der Waals surface area contributed by atoms with Crippen molar-refractivity contribution < 1.29 is 9.25 Å². The molecular formula is C50H29N5O2S. The van der Waals surface area contributed by atoms with E-state index in [1.54, 1.807) is 29.5 Å². The topological polar surface area (TPSA) is 111 Å². The average molecular weight is 764 g/mol. The van der Waals surface area contributed by atoms with Crippen LogP contribution < -0.4 is 10.7 Å². The maximum absolute atomic E-state index is 9.86. The van der Waals surface area contributed by atoms with Crippen molar-refractivity contribution >= 4 is 64.2 Å². The van der Waals surface area contributed by atoms with E-state index in [4.69, 9.17) is 30.1 Å². The molecule has 3 heterocycles. The number of fused-ring (bicyclic) bond motifs is 7. The van der Waals surface area contributed by atoms with Crippen LogP contribution in [0.2, 0.25) is 0 Å². The zero-order valence-electron chi connectivity index (χ0n) is 30.7. The molecule has 11 rings (SSSR count). The Morgan fingerprint density at radius 2 is 1.21 bits per heavy atom. The van der Waals surface area contributed by atoms with E-state index in [1.807, 2.05) is 30.3 Å². The first-order valence-electron chi connectivity index (χ1n) is 18.7. The fourth-order valence-corrected chi connectivity index (χ4v) is 9.31. The monoisotopic (exact) mass is 763 g/mol. The molecule has 8 aromatic carbocycles. The SMILES string of the molecule is N#Cc1cc(ON)cc(-c2nc(-c3ccc(-c4cccc5cc6oc7ccccc7c6cc45)cc3)nc(-c3cccc4sc5c(-c6ccccc6)cccc5c34)n2)c1. The number of benzene rings is 8. The van der Waals surface area contributed by atoms with E-state index in [2.05, 4.69) is 121 Å². The van der Waals surface area contributed by atoms with Gasteiger partial charge in [0.2, 0.25) is 0 Å². The number of nitrogens with zero attached hydrogens (tertiary/aromatic N) is 4. The molecule has 0 aliphatic heterocycles. The summed E-state index contributed by atoms with van der Waals surface area (Å²) in [5.74, 6) is 7.33. The quantitative estimate of drug-likeness (QED) is 0.168. The van der Waals surface area contributed by atoms with Crippen molar-refractivity contribution in [2.24, 2.45) is 5.90 Å². The number of nitrogens with two attached hydrogens (primary N) is 1. The second-order valence-electron chi connectivity index (χ2n) is 14.2. The molecule has 0 unspecified atom stereocenters. The highest BCUT2D eigenvalue weighted by Gasteiger charge is 2.20. The van der Waals surface area contributed by atoms with E-state index >= 15 is 0 Å². The van der Waals surface area contributed by atoms with Crippen LogP contribution >= 0.6 is 11.3 Å². The summed E-state index contributed by atoms with van der Waals surface area (Å²) in [7, 11) is 0. The van der Waals surface area contributed by atoms with Crippen LogP contribution in [0.5, 0.6) is 5.75 Å². The van der Waals surface area contributed by atoms with Gasteiger partial charge in [-0.2, -0.15) is 11.2 Å². The van der Waals surface area contributed by atoms with Gasteiger partial charge in [0, 0.05) is 53.7 Å². The largest absolute Gasteiger partial charge is 0.456 e. The van der Waals surface area contributed by atoms with Gasteiger partial charge in [-0.3, -0.25) is 0 Å². The standard InChI is InChI=1S/C50H29N5O2S/c51-28-29-23-34(25-35(24-29)57-52)49-53-48(54-50(55-49)40-16-8-18-45-46(40)39-15-7-14-37(47(39)58-45)30-9-2-1-3-10-30)32-21-19-31(20-22-32)36-13-6-11-33-26-44-42(27-41(33)36)38-12-4-5-17-43(38)56-44/h1-27H,52H2. The molecule has 272 valence electrons. The zero-order valence-corrected chi connectivity index (χ0v) is 31.5. The molecule has 0 atom stereocenters. The highest BCUT2D eigenvalue weighted by Crippen LogP contribution is 2.44. The lowest BCUT2D eigenvalue weighted by molar-refractivity contribution is 0.334. The molecule has 8 heteroatoms. The summed E-state index contributed by atoms with van der Waals surface area (Å²) in [5, 5.41) is 16.5. The van der Waals surface area contributed by atoms with Gasteiger partial charge in [-0.1, -0.05) is 121 Å². The lowest BCUT2D eigenvalue weighted by Crippen LogP contribution is -2.04. The van der Waals surface area contributed by atoms with Crippen LogP contribution in [0.3, 0.4) is 0 Å². The molecule has 7 nitrogen and oxygen atoms in total. The Balaban J connectivity index is 1.08. The molecule has 3 aromatic heterocycles. The van der Waals surface area contributed by atoms with Gasteiger partial charge in [-0.25, -0.2) is 15.0 Å². The van der Waals surface area contributed by atoms with Crippen LogP contribution in [0, 0.1) is 11.3 Å². The van der Waals surface area contributed by atoms with Crippen LogP contribution in [0.25, 0.3) is 109 Å².